The van der Waals surface area contributed by atoms with Crippen LogP contribution in [0.1, 0.15) is 26.2 Å². The second kappa shape index (κ2) is 6.54. The Labute approximate surface area is 83.0 Å². The van der Waals surface area contributed by atoms with E-state index in [0.717, 1.165) is 32.4 Å². The Morgan fingerprint density at radius 2 is 1.92 bits per heavy atom. The van der Waals surface area contributed by atoms with Gasteiger partial charge >= 0.3 is 0 Å². The molecule has 0 rings (SSSR count). The SMILES string of the molecule is CCO[Si](C)(C)C(N)CCCCN. The molecule has 0 aromatic carbocycles. The predicted molar refractivity (Wildman–Crippen MR) is 60.0 cm³/mol. The van der Waals surface area contributed by atoms with Crippen molar-refractivity contribution in [2.75, 3.05) is 13.2 Å². The van der Waals surface area contributed by atoms with Gasteiger partial charge in [0.2, 0.25) is 8.32 Å². The normalized spacial score (nSPS) is 14.5. The molecule has 0 aromatic heterocycles. The molecule has 0 fully saturated rings. The first kappa shape index (κ1) is 13.1. The number of hydrogen-bond acceptors (Lipinski definition) is 3. The summed E-state index contributed by atoms with van der Waals surface area (Å²) in [5.74, 6) is 0. The first-order valence-corrected chi connectivity index (χ1v) is 8.12. The fourth-order valence-electron chi connectivity index (χ4n) is 1.34. The van der Waals surface area contributed by atoms with Gasteiger partial charge in [0.1, 0.15) is 0 Å². The van der Waals surface area contributed by atoms with E-state index in [9.17, 15) is 0 Å². The summed E-state index contributed by atoms with van der Waals surface area (Å²) in [4.78, 5) is 0. The molecule has 0 aromatic rings. The van der Waals surface area contributed by atoms with Gasteiger partial charge in [-0.15, -0.1) is 0 Å². The molecule has 13 heavy (non-hydrogen) atoms. The molecular formula is C9H24N2OSi. The molecule has 0 bridgehead atoms. The first-order chi connectivity index (χ1) is 6.04. The molecule has 0 aliphatic carbocycles. The highest BCUT2D eigenvalue weighted by Crippen LogP contribution is 2.13. The summed E-state index contributed by atoms with van der Waals surface area (Å²) in [7, 11) is -1.62. The summed E-state index contributed by atoms with van der Waals surface area (Å²) >= 11 is 0. The van der Waals surface area contributed by atoms with Crippen molar-refractivity contribution in [2.45, 2.75) is 44.9 Å². The van der Waals surface area contributed by atoms with Crippen LogP contribution in [0.5, 0.6) is 0 Å². The Morgan fingerprint density at radius 3 is 2.38 bits per heavy atom. The van der Waals surface area contributed by atoms with Crippen LogP contribution in [0.15, 0.2) is 0 Å². The van der Waals surface area contributed by atoms with E-state index < -0.39 is 8.32 Å². The molecule has 0 amide bonds. The highest BCUT2D eigenvalue weighted by molar-refractivity contribution is 6.72. The van der Waals surface area contributed by atoms with Crippen molar-refractivity contribution in [3.05, 3.63) is 0 Å². The molecule has 0 aliphatic heterocycles. The van der Waals surface area contributed by atoms with E-state index >= 15 is 0 Å². The lowest BCUT2D eigenvalue weighted by Gasteiger charge is -2.28. The van der Waals surface area contributed by atoms with Crippen LogP contribution in [0.25, 0.3) is 0 Å². The van der Waals surface area contributed by atoms with E-state index in [1.54, 1.807) is 0 Å². The number of rotatable bonds is 7. The zero-order valence-corrected chi connectivity index (χ0v) is 10.2. The monoisotopic (exact) mass is 204 g/mol. The van der Waals surface area contributed by atoms with Crippen molar-refractivity contribution in [3.8, 4) is 0 Å². The van der Waals surface area contributed by atoms with E-state index in [-0.39, 0.29) is 5.67 Å². The van der Waals surface area contributed by atoms with Crippen molar-refractivity contribution in [2.24, 2.45) is 11.5 Å². The summed E-state index contributed by atoms with van der Waals surface area (Å²) in [6, 6.07) is 0. The summed E-state index contributed by atoms with van der Waals surface area (Å²) in [5, 5.41) is 0. The molecule has 1 atom stereocenters. The lowest BCUT2D eigenvalue weighted by molar-refractivity contribution is 0.317. The summed E-state index contributed by atoms with van der Waals surface area (Å²) in [6.45, 7) is 7.95. The molecule has 1 unspecified atom stereocenters. The van der Waals surface area contributed by atoms with Crippen molar-refractivity contribution in [1.82, 2.24) is 0 Å². The van der Waals surface area contributed by atoms with Crippen molar-refractivity contribution < 1.29 is 4.43 Å². The lowest BCUT2D eigenvalue weighted by atomic mass is 10.2. The van der Waals surface area contributed by atoms with E-state index in [1.807, 2.05) is 6.92 Å². The minimum atomic E-state index is -1.62. The second-order valence-electron chi connectivity index (χ2n) is 3.93. The largest absolute Gasteiger partial charge is 0.416 e. The maximum absolute atomic E-state index is 6.07. The minimum Gasteiger partial charge on any atom is -0.416 e. The lowest BCUT2D eigenvalue weighted by Crippen LogP contribution is -2.50. The number of hydrogen-bond donors (Lipinski definition) is 2. The minimum absolute atomic E-state index is 0.249. The first-order valence-electron chi connectivity index (χ1n) is 5.14. The standard InChI is InChI=1S/C9H24N2OSi/c1-4-12-13(2,3)9(11)7-5-6-8-10/h9H,4-8,10-11H2,1-3H3. The van der Waals surface area contributed by atoms with Crippen LogP contribution in [0.2, 0.25) is 13.1 Å². The van der Waals surface area contributed by atoms with Gasteiger partial charge in [-0.1, -0.05) is 6.42 Å². The molecule has 0 radical (unpaired) electrons. The topological polar surface area (TPSA) is 61.3 Å². The van der Waals surface area contributed by atoms with Crippen LogP contribution in [0.3, 0.4) is 0 Å². The van der Waals surface area contributed by atoms with Crippen LogP contribution < -0.4 is 11.5 Å². The van der Waals surface area contributed by atoms with Gasteiger partial charge < -0.3 is 15.9 Å². The van der Waals surface area contributed by atoms with Crippen LogP contribution in [0.4, 0.5) is 0 Å². The van der Waals surface area contributed by atoms with Gasteiger partial charge in [-0.05, 0) is 39.4 Å². The number of nitrogens with two attached hydrogens (primary N) is 2. The van der Waals surface area contributed by atoms with Crippen LogP contribution in [-0.2, 0) is 4.43 Å². The maximum atomic E-state index is 6.07. The third-order valence-electron chi connectivity index (χ3n) is 2.38. The van der Waals surface area contributed by atoms with E-state index in [0.29, 0.717) is 0 Å². The number of unbranched alkanes of at least 4 members (excludes halogenated alkanes) is 1. The molecule has 0 aliphatic rings. The summed E-state index contributed by atoms with van der Waals surface area (Å²) < 4.78 is 5.70. The van der Waals surface area contributed by atoms with Gasteiger partial charge in [-0.25, -0.2) is 0 Å². The van der Waals surface area contributed by atoms with Crippen LogP contribution in [-0.4, -0.2) is 27.1 Å². The zero-order valence-electron chi connectivity index (χ0n) is 9.18. The van der Waals surface area contributed by atoms with Gasteiger partial charge in [0.15, 0.2) is 0 Å². The molecule has 0 saturated heterocycles. The Kier molecular flexibility index (Phi) is 6.58. The van der Waals surface area contributed by atoms with E-state index in [1.165, 1.54) is 0 Å². The van der Waals surface area contributed by atoms with Gasteiger partial charge in [-0.3, -0.25) is 0 Å². The predicted octanol–water partition coefficient (Wildman–Crippen LogP) is 1.22. The molecule has 4 N–H and O–H groups in total. The van der Waals surface area contributed by atoms with Gasteiger partial charge in [0, 0.05) is 12.3 Å². The van der Waals surface area contributed by atoms with Crippen LogP contribution >= 0.6 is 0 Å². The Bertz CT molecular complexity index is 131. The summed E-state index contributed by atoms with van der Waals surface area (Å²) in [5.41, 5.74) is 11.7. The van der Waals surface area contributed by atoms with Crippen molar-refractivity contribution in [1.29, 1.82) is 0 Å². The third-order valence-corrected chi connectivity index (χ3v) is 5.49. The fraction of sp³-hybridized carbons (Fsp3) is 1.00. The molecule has 4 heteroatoms. The molecule has 80 valence electrons. The van der Waals surface area contributed by atoms with Crippen LogP contribution in [0, 0.1) is 0 Å². The fourth-order valence-corrected chi connectivity index (χ4v) is 3.19. The highest BCUT2D eigenvalue weighted by Gasteiger charge is 2.29. The zero-order chi connectivity index (χ0) is 10.3. The average Bonchev–Trinajstić information content (AvgIpc) is 2.04. The molecule has 0 heterocycles. The quantitative estimate of drug-likeness (QED) is 0.484. The smallest absolute Gasteiger partial charge is 0.202 e. The van der Waals surface area contributed by atoms with Crippen molar-refractivity contribution in [3.63, 3.8) is 0 Å². The summed E-state index contributed by atoms with van der Waals surface area (Å²) in [6.07, 6.45) is 3.25. The van der Waals surface area contributed by atoms with Gasteiger partial charge in [-0.2, -0.15) is 0 Å². The Hall–Kier alpha value is 0.0969. The molecule has 3 nitrogen and oxygen atoms in total. The van der Waals surface area contributed by atoms with E-state index in [2.05, 4.69) is 13.1 Å². The van der Waals surface area contributed by atoms with E-state index in [4.69, 9.17) is 15.9 Å². The van der Waals surface area contributed by atoms with Gasteiger partial charge in [0.25, 0.3) is 0 Å². The maximum Gasteiger partial charge on any atom is 0.202 e. The van der Waals surface area contributed by atoms with Crippen molar-refractivity contribution >= 4 is 8.32 Å². The third kappa shape index (κ3) is 5.41. The second-order valence-corrected chi connectivity index (χ2v) is 8.16. The highest BCUT2D eigenvalue weighted by atomic mass is 28.4. The average molecular weight is 204 g/mol. The Morgan fingerprint density at radius 1 is 1.31 bits per heavy atom. The molecule has 0 saturated carbocycles. The molecule has 0 spiro atoms. The Balaban J connectivity index is 3.72. The molecular weight excluding hydrogens is 180 g/mol. The van der Waals surface area contributed by atoms with Gasteiger partial charge in [0.05, 0.1) is 0 Å².